The van der Waals surface area contributed by atoms with Crippen LogP contribution in [0.5, 0.6) is 0 Å². The van der Waals surface area contributed by atoms with E-state index in [9.17, 15) is 5.26 Å². The van der Waals surface area contributed by atoms with Gasteiger partial charge in [-0.05, 0) is 48.0 Å². The van der Waals surface area contributed by atoms with Crippen LogP contribution >= 0.6 is 0 Å². The Bertz CT molecular complexity index is 1130. The molecule has 2 aromatic carbocycles. The molecule has 26 heavy (non-hydrogen) atoms. The number of imidazole rings is 1. The normalized spacial score (nSPS) is 11.5. The summed E-state index contributed by atoms with van der Waals surface area (Å²) in [6.45, 7) is 2.06. The fourth-order valence-corrected chi connectivity index (χ4v) is 2.66. The van der Waals surface area contributed by atoms with Crippen LogP contribution in [0.2, 0.25) is 0 Å². The summed E-state index contributed by atoms with van der Waals surface area (Å²) >= 11 is 0. The Hall–Kier alpha value is -3.99. The zero-order valence-electron chi connectivity index (χ0n) is 13.9. The van der Waals surface area contributed by atoms with Crippen LogP contribution in [0.3, 0.4) is 0 Å². The first-order valence-corrected chi connectivity index (χ1v) is 7.89. The molecule has 2 N–H and O–H groups in total. The first-order chi connectivity index (χ1) is 12.7. The number of nitriles is 1. The molecule has 0 saturated heterocycles. The largest absolute Gasteiger partial charge is 0.360 e. The van der Waals surface area contributed by atoms with Crippen molar-refractivity contribution in [1.29, 1.82) is 5.26 Å². The summed E-state index contributed by atoms with van der Waals surface area (Å²) in [6, 6.07) is 16.1. The van der Waals surface area contributed by atoms with Crippen molar-refractivity contribution in [3.63, 3.8) is 0 Å². The number of anilines is 1. The maximum absolute atomic E-state index is 9.20. The lowest BCUT2D eigenvalue weighted by Gasteiger charge is -2.06. The van der Waals surface area contributed by atoms with Gasteiger partial charge in [0.2, 0.25) is 5.82 Å². The molecule has 0 atom stereocenters. The maximum Gasteiger partial charge on any atom is 0.216 e. The molecule has 2 heterocycles. The molecule has 0 saturated carbocycles. The summed E-state index contributed by atoms with van der Waals surface area (Å²) in [5.74, 6) is 0.241. The van der Waals surface area contributed by atoms with E-state index in [4.69, 9.17) is 0 Å². The van der Waals surface area contributed by atoms with Gasteiger partial charge in [0, 0.05) is 17.6 Å². The minimum atomic E-state index is 0.241. The molecule has 0 fully saturated rings. The average Bonchev–Trinajstić information content (AvgIpc) is 3.32. The number of allylic oxidation sites excluding steroid dienone is 1. The minimum absolute atomic E-state index is 0.241. The van der Waals surface area contributed by atoms with Crippen molar-refractivity contribution < 1.29 is 0 Å². The van der Waals surface area contributed by atoms with Gasteiger partial charge in [0.25, 0.3) is 0 Å². The number of tetrazole rings is 1. The molecular weight excluding hydrogens is 328 g/mol. The molecule has 0 unspecified atom stereocenters. The molecule has 0 radical (unpaired) electrons. The summed E-state index contributed by atoms with van der Waals surface area (Å²) in [7, 11) is 0. The molecular formula is C18H14N8. The van der Waals surface area contributed by atoms with E-state index in [0.717, 1.165) is 22.4 Å². The van der Waals surface area contributed by atoms with E-state index in [0.29, 0.717) is 0 Å². The van der Waals surface area contributed by atoms with Crippen LogP contribution in [0.4, 0.5) is 5.69 Å². The van der Waals surface area contributed by atoms with Gasteiger partial charge in [0.1, 0.15) is 18.0 Å². The van der Waals surface area contributed by atoms with Gasteiger partial charge in [-0.2, -0.15) is 10.5 Å². The summed E-state index contributed by atoms with van der Waals surface area (Å²) in [4.78, 5) is 4.48. The monoisotopic (exact) mass is 342 g/mol. The van der Waals surface area contributed by atoms with E-state index in [1.54, 1.807) is 12.5 Å². The number of benzene rings is 2. The quantitative estimate of drug-likeness (QED) is 0.552. The topological polar surface area (TPSA) is 108 Å². The first kappa shape index (κ1) is 15.5. The number of aryl methyl sites for hydroxylation is 1. The van der Waals surface area contributed by atoms with Gasteiger partial charge in [-0.25, -0.2) is 4.98 Å². The van der Waals surface area contributed by atoms with Crippen molar-refractivity contribution in [2.24, 2.45) is 0 Å². The fraction of sp³-hybridized carbons (Fsp3) is 0.0556. The Labute approximate surface area is 148 Å². The maximum atomic E-state index is 9.20. The average molecular weight is 342 g/mol. The number of hydrogen-bond donors (Lipinski definition) is 2. The van der Waals surface area contributed by atoms with Gasteiger partial charge in [-0.15, -0.1) is 10.2 Å². The zero-order chi connectivity index (χ0) is 17.9. The molecule has 0 aliphatic carbocycles. The molecule has 0 aliphatic rings. The SMILES string of the molecule is Cc1cccc(-n2cnc3cc(NC=C(C#N)c4nn[nH]n4)ccc32)c1. The van der Waals surface area contributed by atoms with Crippen LogP contribution < -0.4 is 5.32 Å². The standard InChI is InChI=1S/C18H14N8/c1-12-3-2-4-15(7-12)26-11-21-16-8-14(5-6-17(16)26)20-10-13(9-19)18-22-24-25-23-18/h2-8,10-11,20H,1H3,(H,22,23,24,25). The molecule has 0 bridgehead atoms. The Morgan fingerprint density at radius 2 is 2.19 bits per heavy atom. The smallest absolute Gasteiger partial charge is 0.216 e. The zero-order valence-corrected chi connectivity index (χ0v) is 13.9. The third-order valence-corrected chi connectivity index (χ3v) is 3.92. The van der Waals surface area contributed by atoms with Crippen molar-refractivity contribution in [2.45, 2.75) is 6.92 Å². The first-order valence-electron chi connectivity index (χ1n) is 7.89. The summed E-state index contributed by atoms with van der Waals surface area (Å²) in [5, 5.41) is 25.7. The lowest BCUT2D eigenvalue weighted by molar-refractivity contribution is 0.881. The van der Waals surface area contributed by atoms with Crippen LogP contribution in [0.25, 0.3) is 22.3 Å². The number of aromatic amines is 1. The lowest BCUT2D eigenvalue weighted by Crippen LogP contribution is -1.94. The van der Waals surface area contributed by atoms with E-state index in [1.165, 1.54) is 5.56 Å². The predicted molar refractivity (Wildman–Crippen MR) is 97.2 cm³/mol. The lowest BCUT2D eigenvalue weighted by atomic mass is 10.2. The van der Waals surface area contributed by atoms with Gasteiger partial charge < -0.3 is 5.32 Å². The molecule has 0 spiro atoms. The summed E-state index contributed by atoms with van der Waals surface area (Å²) < 4.78 is 2.04. The number of rotatable bonds is 4. The minimum Gasteiger partial charge on any atom is -0.360 e. The van der Waals surface area contributed by atoms with Gasteiger partial charge >= 0.3 is 0 Å². The van der Waals surface area contributed by atoms with Crippen molar-refractivity contribution >= 4 is 22.3 Å². The number of aromatic nitrogens is 6. The highest BCUT2D eigenvalue weighted by molar-refractivity contribution is 5.82. The highest BCUT2D eigenvalue weighted by Crippen LogP contribution is 2.22. The van der Waals surface area contributed by atoms with Gasteiger partial charge in [0.05, 0.1) is 11.0 Å². The van der Waals surface area contributed by atoms with Gasteiger partial charge in [-0.3, -0.25) is 4.57 Å². The van der Waals surface area contributed by atoms with Crippen LogP contribution in [-0.4, -0.2) is 30.2 Å². The van der Waals surface area contributed by atoms with Gasteiger partial charge in [-0.1, -0.05) is 12.1 Å². The summed E-state index contributed by atoms with van der Waals surface area (Å²) in [5.41, 5.74) is 5.20. The molecule has 0 amide bonds. The third kappa shape index (κ3) is 2.89. The van der Waals surface area contributed by atoms with Crippen LogP contribution in [0.15, 0.2) is 55.0 Å². The number of fused-ring (bicyclic) bond motifs is 1. The van der Waals surface area contributed by atoms with E-state index in [-0.39, 0.29) is 11.4 Å². The van der Waals surface area contributed by atoms with Crippen LogP contribution in [0, 0.1) is 18.3 Å². The fourth-order valence-electron chi connectivity index (χ4n) is 2.66. The molecule has 4 aromatic rings. The molecule has 8 nitrogen and oxygen atoms in total. The number of hydrogen-bond acceptors (Lipinski definition) is 6. The third-order valence-electron chi connectivity index (χ3n) is 3.92. The van der Waals surface area contributed by atoms with E-state index in [2.05, 4.69) is 50.0 Å². The Morgan fingerprint density at radius 1 is 1.27 bits per heavy atom. The van der Waals surface area contributed by atoms with Crippen molar-refractivity contribution in [2.75, 3.05) is 5.32 Å². The molecule has 2 aromatic heterocycles. The van der Waals surface area contributed by atoms with Crippen molar-refractivity contribution in [3.8, 4) is 11.8 Å². The molecule has 126 valence electrons. The van der Waals surface area contributed by atoms with E-state index < -0.39 is 0 Å². The van der Waals surface area contributed by atoms with E-state index >= 15 is 0 Å². The molecule has 0 aliphatic heterocycles. The summed E-state index contributed by atoms with van der Waals surface area (Å²) in [6.07, 6.45) is 3.35. The van der Waals surface area contributed by atoms with Crippen molar-refractivity contribution in [1.82, 2.24) is 30.2 Å². The Kier molecular flexibility index (Phi) is 3.88. The second-order valence-electron chi connectivity index (χ2n) is 5.71. The number of nitrogens with one attached hydrogen (secondary N) is 2. The molecule has 4 rings (SSSR count). The van der Waals surface area contributed by atoms with Crippen LogP contribution in [0.1, 0.15) is 11.4 Å². The van der Waals surface area contributed by atoms with Crippen molar-refractivity contribution in [3.05, 3.63) is 66.4 Å². The highest BCUT2D eigenvalue weighted by atomic mass is 15.5. The molecule has 8 heteroatoms. The second-order valence-corrected chi connectivity index (χ2v) is 5.71. The Balaban J connectivity index is 1.64. The highest BCUT2D eigenvalue weighted by Gasteiger charge is 2.07. The predicted octanol–water partition coefficient (Wildman–Crippen LogP) is 2.82. The van der Waals surface area contributed by atoms with Gasteiger partial charge in [0.15, 0.2) is 0 Å². The number of nitrogens with zero attached hydrogens (tertiary/aromatic N) is 6. The second kappa shape index (κ2) is 6.49. The van der Waals surface area contributed by atoms with Crippen LogP contribution in [-0.2, 0) is 0 Å². The van der Waals surface area contributed by atoms with E-state index in [1.807, 2.05) is 41.0 Å². The number of H-pyrrole nitrogens is 1. The Morgan fingerprint density at radius 3 is 2.96 bits per heavy atom.